The minimum absolute atomic E-state index is 0.408. The Labute approximate surface area is 109 Å². The second-order valence-corrected chi connectivity index (χ2v) is 5.60. The third kappa shape index (κ3) is 7.14. The highest BCUT2D eigenvalue weighted by atomic mass is 16.4. The minimum atomic E-state index is -1.01. The van der Waals surface area contributed by atoms with Gasteiger partial charge in [0.2, 0.25) is 0 Å². The largest absolute Gasteiger partial charge is 0.480 e. The van der Waals surface area contributed by atoms with E-state index in [9.17, 15) is 9.59 Å². The third-order valence-corrected chi connectivity index (χ3v) is 2.70. The van der Waals surface area contributed by atoms with Crippen LogP contribution in [0.1, 0.15) is 53.4 Å². The number of carboxylic acid groups (broad SMARTS) is 1. The fraction of sp³-hybridized carbons (Fsp3) is 0.846. The quantitative estimate of drug-likeness (QED) is 0.613. The van der Waals surface area contributed by atoms with Crippen LogP contribution in [0, 0.1) is 5.41 Å². The van der Waals surface area contributed by atoms with Crippen LogP contribution in [0.15, 0.2) is 0 Å². The van der Waals surface area contributed by atoms with E-state index in [0.717, 1.165) is 25.7 Å². The first-order valence-corrected chi connectivity index (χ1v) is 6.56. The fourth-order valence-corrected chi connectivity index (χ4v) is 1.58. The molecule has 0 aliphatic heterocycles. The van der Waals surface area contributed by atoms with Crippen LogP contribution in [-0.4, -0.2) is 29.7 Å². The number of rotatable bonds is 7. The number of carboxylic acids is 1. The van der Waals surface area contributed by atoms with Crippen molar-refractivity contribution in [1.29, 1.82) is 0 Å². The highest BCUT2D eigenvalue weighted by Crippen LogP contribution is 2.19. The van der Waals surface area contributed by atoms with Gasteiger partial charge in [-0.05, 0) is 11.8 Å². The summed E-state index contributed by atoms with van der Waals surface area (Å²) < 4.78 is 0. The molecule has 0 aromatic heterocycles. The lowest BCUT2D eigenvalue weighted by atomic mass is 9.87. The number of hydrogen-bond acceptors (Lipinski definition) is 2. The number of urea groups is 1. The van der Waals surface area contributed by atoms with Crippen molar-refractivity contribution in [1.82, 2.24) is 10.6 Å². The van der Waals surface area contributed by atoms with Gasteiger partial charge in [-0.3, -0.25) is 0 Å². The van der Waals surface area contributed by atoms with Gasteiger partial charge in [-0.25, -0.2) is 9.59 Å². The maximum Gasteiger partial charge on any atom is 0.326 e. The Balaban J connectivity index is 4.01. The number of carbonyl (C=O) groups is 2. The Hall–Kier alpha value is -1.26. The molecule has 1 unspecified atom stereocenters. The average molecular weight is 258 g/mol. The molecule has 0 aliphatic carbocycles. The highest BCUT2D eigenvalue weighted by Gasteiger charge is 2.32. The molecule has 0 saturated heterocycles. The molecule has 5 heteroatoms. The second-order valence-electron chi connectivity index (χ2n) is 5.60. The number of unbranched alkanes of at least 4 members (excludes halogenated alkanes) is 3. The zero-order valence-corrected chi connectivity index (χ0v) is 11.9. The standard InChI is InChI=1S/C13H26N2O3/c1-5-6-7-8-9-14-12(18)15-10(11(16)17)13(2,3)4/h10H,5-9H2,1-4H3,(H,16,17)(H2,14,15,18). The lowest BCUT2D eigenvalue weighted by Gasteiger charge is -2.27. The van der Waals surface area contributed by atoms with Gasteiger partial charge >= 0.3 is 12.0 Å². The summed E-state index contributed by atoms with van der Waals surface area (Å²) in [5, 5.41) is 14.2. The molecular formula is C13H26N2O3. The fourth-order valence-electron chi connectivity index (χ4n) is 1.58. The van der Waals surface area contributed by atoms with E-state index >= 15 is 0 Å². The first kappa shape index (κ1) is 16.7. The molecule has 106 valence electrons. The number of amides is 2. The SMILES string of the molecule is CCCCCCNC(=O)NC(C(=O)O)C(C)(C)C. The maximum atomic E-state index is 11.6. The second kappa shape index (κ2) is 7.95. The van der Waals surface area contributed by atoms with E-state index in [4.69, 9.17) is 5.11 Å². The molecular weight excluding hydrogens is 232 g/mol. The predicted molar refractivity (Wildman–Crippen MR) is 71.6 cm³/mol. The molecule has 2 amide bonds. The van der Waals surface area contributed by atoms with Gasteiger partial charge in [-0.15, -0.1) is 0 Å². The number of carbonyl (C=O) groups excluding carboxylic acids is 1. The van der Waals surface area contributed by atoms with Crippen LogP contribution in [-0.2, 0) is 4.79 Å². The smallest absolute Gasteiger partial charge is 0.326 e. The number of nitrogens with one attached hydrogen (secondary N) is 2. The summed E-state index contributed by atoms with van der Waals surface area (Å²) in [6.07, 6.45) is 4.31. The van der Waals surface area contributed by atoms with Gasteiger partial charge in [0.1, 0.15) is 6.04 Å². The third-order valence-electron chi connectivity index (χ3n) is 2.70. The van der Waals surface area contributed by atoms with Crippen molar-refractivity contribution >= 4 is 12.0 Å². The lowest BCUT2D eigenvalue weighted by Crippen LogP contribution is -2.52. The van der Waals surface area contributed by atoms with Gasteiger partial charge in [0.25, 0.3) is 0 Å². The van der Waals surface area contributed by atoms with Crippen LogP contribution < -0.4 is 10.6 Å². The summed E-state index contributed by atoms with van der Waals surface area (Å²) in [6.45, 7) is 8.07. The van der Waals surface area contributed by atoms with Gasteiger partial charge in [0.05, 0.1) is 0 Å². The number of aliphatic carboxylic acids is 1. The van der Waals surface area contributed by atoms with E-state index < -0.39 is 23.5 Å². The normalized spacial score (nSPS) is 12.9. The van der Waals surface area contributed by atoms with Crippen molar-refractivity contribution in [3.05, 3.63) is 0 Å². The summed E-state index contributed by atoms with van der Waals surface area (Å²) >= 11 is 0. The molecule has 0 rings (SSSR count). The summed E-state index contributed by atoms with van der Waals surface area (Å²) in [6, 6.07) is -1.29. The lowest BCUT2D eigenvalue weighted by molar-refractivity contribution is -0.141. The van der Waals surface area contributed by atoms with Crippen molar-refractivity contribution in [2.24, 2.45) is 5.41 Å². The average Bonchev–Trinajstić information content (AvgIpc) is 2.23. The van der Waals surface area contributed by atoms with Crippen molar-refractivity contribution in [3.63, 3.8) is 0 Å². The van der Waals surface area contributed by atoms with Gasteiger partial charge in [-0.2, -0.15) is 0 Å². The monoisotopic (exact) mass is 258 g/mol. The van der Waals surface area contributed by atoms with Gasteiger partial charge in [0.15, 0.2) is 0 Å². The summed E-state index contributed by atoms with van der Waals surface area (Å²) in [4.78, 5) is 22.6. The van der Waals surface area contributed by atoms with Crippen molar-refractivity contribution in [2.75, 3.05) is 6.54 Å². The van der Waals surface area contributed by atoms with E-state index in [-0.39, 0.29) is 0 Å². The van der Waals surface area contributed by atoms with Gasteiger partial charge in [-0.1, -0.05) is 47.0 Å². The molecule has 0 heterocycles. The first-order chi connectivity index (χ1) is 8.29. The molecule has 0 saturated carbocycles. The molecule has 18 heavy (non-hydrogen) atoms. The van der Waals surface area contributed by atoms with Crippen LogP contribution in [0.2, 0.25) is 0 Å². The molecule has 3 N–H and O–H groups in total. The van der Waals surface area contributed by atoms with Crippen LogP contribution in [0.5, 0.6) is 0 Å². The van der Waals surface area contributed by atoms with Crippen LogP contribution in [0.4, 0.5) is 4.79 Å². The van der Waals surface area contributed by atoms with Crippen LogP contribution in [0.3, 0.4) is 0 Å². The van der Waals surface area contributed by atoms with E-state index in [2.05, 4.69) is 17.6 Å². The zero-order valence-electron chi connectivity index (χ0n) is 11.9. The Morgan fingerprint density at radius 3 is 2.22 bits per heavy atom. The molecule has 5 nitrogen and oxygen atoms in total. The van der Waals surface area contributed by atoms with Gasteiger partial charge < -0.3 is 15.7 Å². The molecule has 0 aromatic rings. The number of hydrogen-bond donors (Lipinski definition) is 3. The first-order valence-electron chi connectivity index (χ1n) is 6.56. The van der Waals surface area contributed by atoms with E-state index in [1.165, 1.54) is 0 Å². The Morgan fingerprint density at radius 1 is 1.17 bits per heavy atom. The van der Waals surface area contributed by atoms with E-state index in [1.807, 2.05) is 0 Å². The molecule has 0 aromatic carbocycles. The molecule has 0 fully saturated rings. The van der Waals surface area contributed by atoms with Crippen molar-refractivity contribution < 1.29 is 14.7 Å². The summed E-state index contributed by atoms with van der Waals surface area (Å²) in [7, 11) is 0. The molecule has 0 aliphatic rings. The molecule has 0 bridgehead atoms. The topological polar surface area (TPSA) is 78.4 Å². The predicted octanol–water partition coefficient (Wildman–Crippen LogP) is 2.37. The summed E-state index contributed by atoms with van der Waals surface area (Å²) in [5.74, 6) is -1.01. The molecule has 0 radical (unpaired) electrons. The summed E-state index contributed by atoms with van der Waals surface area (Å²) in [5.41, 5.74) is -0.509. The Bertz CT molecular complexity index is 272. The van der Waals surface area contributed by atoms with E-state index in [0.29, 0.717) is 6.54 Å². The highest BCUT2D eigenvalue weighted by molar-refractivity contribution is 5.83. The Morgan fingerprint density at radius 2 is 1.78 bits per heavy atom. The maximum absolute atomic E-state index is 11.6. The van der Waals surface area contributed by atoms with E-state index in [1.54, 1.807) is 20.8 Å². The molecule has 1 atom stereocenters. The van der Waals surface area contributed by atoms with Crippen molar-refractivity contribution in [2.45, 2.75) is 59.4 Å². The van der Waals surface area contributed by atoms with Crippen molar-refractivity contribution in [3.8, 4) is 0 Å². The Kier molecular flexibility index (Phi) is 7.39. The zero-order chi connectivity index (χ0) is 14.2. The van der Waals surface area contributed by atoms with Gasteiger partial charge in [0, 0.05) is 6.54 Å². The molecule has 0 spiro atoms. The van der Waals surface area contributed by atoms with Crippen LogP contribution >= 0.6 is 0 Å². The van der Waals surface area contributed by atoms with Crippen LogP contribution in [0.25, 0.3) is 0 Å². The minimum Gasteiger partial charge on any atom is -0.480 e.